The Morgan fingerprint density at radius 2 is 2.20 bits per heavy atom. The first-order valence-corrected chi connectivity index (χ1v) is 6.99. The van der Waals surface area contributed by atoms with E-state index in [9.17, 15) is 9.50 Å². The second kappa shape index (κ2) is 4.17. The lowest BCUT2D eigenvalue weighted by Crippen LogP contribution is -2.44. The van der Waals surface area contributed by atoms with Crippen molar-refractivity contribution >= 4 is 16.5 Å². The van der Waals surface area contributed by atoms with E-state index in [1.807, 2.05) is 16.7 Å². The van der Waals surface area contributed by atoms with Crippen LogP contribution in [-0.2, 0) is 6.54 Å². The highest BCUT2D eigenvalue weighted by atomic mass is 19.1. The van der Waals surface area contributed by atoms with Crippen LogP contribution >= 0.6 is 0 Å². The van der Waals surface area contributed by atoms with Gasteiger partial charge in [0.1, 0.15) is 5.82 Å². The van der Waals surface area contributed by atoms with Gasteiger partial charge >= 0.3 is 0 Å². The molecule has 20 heavy (non-hydrogen) atoms. The van der Waals surface area contributed by atoms with E-state index < -0.39 is 0 Å². The van der Waals surface area contributed by atoms with Crippen LogP contribution in [0.25, 0.3) is 16.5 Å². The summed E-state index contributed by atoms with van der Waals surface area (Å²) in [4.78, 5) is 2.26. The maximum atomic E-state index is 14.0. The van der Waals surface area contributed by atoms with Gasteiger partial charge in [0.05, 0.1) is 18.2 Å². The normalized spacial score (nSPS) is 25.6. The van der Waals surface area contributed by atoms with Crippen molar-refractivity contribution in [3.05, 3.63) is 41.9 Å². The molecule has 0 saturated heterocycles. The van der Waals surface area contributed by atoms with Gasteiger partial charge in [0, 0.05) is 36.2 Å². The number of benzene rings is 1. The molecule has 3 heterocycles. The average molecular weight is 272 g/mol. The van der Waals surface area contributed by atoms with Crippen molar-refractivity contribution in [2.45, 2.75) is 12.6 Å². The molecule has 0 amide bonds. The lowest BCUT2D eigenvalue weighted by Gasteiger charge is -2.40. The second-order valence-electron chi connectivity index (χ2n) is 5.85. The number of fused-ring (bicyclic) bond motifs is 2. The van der Waals surface area contributed by atoms with E-state index in [0.29, 0.717) is 5.39 Å². The van der Waals surface area contributed by atoms with Gasteiger partial charge in [-0.15, -0.1) is 0 Å². The molecule has 1 aromatic heterocycles. The van der Waals surface area contributed by atoms with Crippen LogP contribution < -0.4 is 0 Å². The van der Waals surface area contributed by atoms with E-state index in [1.54, 1.807) is 6.20 Å². The first-order valence-electron chi connectivity index (χ1n) is 6.99. The highest BCUT2D eigenvalue weighted by molar-refractivity contribution is 5.95. The summed E-state index contributed by atoms with van der Waals surface area (Å²) in [7, 11) is 2.07. The van der Waals surface area contributed by atoms with Gasteiger partial charge in [0.15, 0.2) is 0 Å². The van der Waals surface area contributed by atoms with Crippen molar-refractivity contribution in [2.75, 3.05) is 20.2 Å². The number of aliphatic hydroxyl groups excluding tert-OH is 1. The number of aromatic nitrogens is 1. The third-order valence-corrected chi connectivity index (χ3v) is 4.59. The minimum Gasteiger partial charge on any atom is -0.396 e. The molecule has 4 heteroatoms. The SMILES string of the molecule is CN1C[C@@H](CO)C=C2c3cccc4c(F)cn(c34)CC21. The molecule has 1 N–H and O–H groups in total. The first-order chi connectivity index (χ1) is 9.69. The molecular weight excluding hydrogens is 255 g/mol. The lowest BCUT2D eigenvalue weighted by atomic mass is 9.86. The zero-order valence-corrected chi connectivity index (χ0v) is 11.4. The van der Waals surface area contributed by atoms with Crippen LogP contribution in [0.3, 0.4) is 0 Å². The molecule has 1 unspecified atom stereocenters. The van der Waals surface area contributed by atoms with E-state index in [2.05, 4.69) is 24.1 Å². The number of halogens is 1. The van der Waals surface area contributed by atoms with Gasteiger partial charge in [-0.2, -0.15) is 0 Å². The van der Waals surface area contributed by atoms with Gasteiger partial charge in [-0.1, -0.05) is 18.2 Å². The summed E-state index contributed by atoms with van der Waals surface area (Å²) in [5.74, 6) is 0.00956. The van der Waals surface area contributed by atoms with Crippen molar-refractivity contribution in [3.8, 4) is 0 Å². The van der Waals surface area contributed by atoms with E-state index in [-0.39, 0.29) is 24.4 Å². The summed E-state index contributed by atoms with van der Waals surface area (Å²) < 4.78 is 16.1. The van der Waals surface area contributed by atoms with Crippen molar-refractivity contribution in [3.63, 3.8) is 0 Å². The standard InChI is InChI=1S/C16H17FN2O/c1-18-6-10(9-20)5-13-11-3-2-4-12-14(17)7-19(16(11)12)8-15(13)18/h2-5,7,10,15,20H,6,8-9H2,1H3/t10-,15?/m0/s1. The third kappa shape index (κ3) is 1.52. The fourth-order valence-corrected chi connectivity index (χ4v) is 3.65. The van der Waals surface area contributed by atoms with Crippen LogP contribution in [0.2, 0.25) is 0 Å². The summed E-state index contributed by atoms with van der Waals surface area (Å²) >= 11 is 0. The highest BCUT2D eigenvalue weighted by Gasteiger charge is 2.33. The van der Waals surface area contributed by atoms with E-state index >= 15 is 0 Å². The fourth-order valence-electron chi connectivity index (χ4n) is 3.65. The van der Waals surface area contributed by atoms with Crippen molar-refractivity contribution in [1.82, 2.24) is 9.47 Å². The third-order valence-electron chi connectivity index (χ3n) is 4.59. The van der Waals surface area contributed by atoms with Gasteiger partial charge in [0.25, 0.3) is 0 Å². The van der Waals surface area contributed by atoms with Crippen LogP contribution in [-0.4, -0.2) is 40.8 Å². The highest BCUT2D eigenvalue weighted by Crippen LogP contribution is 2.39. The Labute approximate surface area is 116 Å². The smallest absolute Gasteiger partial charge is 0.148 e. The molecule has 3 nitrogen and oxygen atoms in total. The fraction of sp³-hybridized carbons (Fsp3) is 0.375. The van der Waals surface area contributed by atoms with Crippen LogP contribution in [0.15, 0.2) is 30.5 Å². The molecule has 0 aliphatic carbocycles. The number of para-hydroxylation sites is 1. The summed E-state index contributed by atoms with van der Waals surface area (Å²) in [5.41, 5.74) is 3.32. The Morgan fingerprint density at radius 3 is 3.00 bits per heavy atom. The van der Waals surface area contributed by atoms with Crippen LogP contribution in [0, 0.1) is 11.7 Å². The number of hydrogen-bond acceptors (Lipinski definition) is 2. The number of rotatable bonds is 1. The molecule has 1 aromatic carbocycles. The monoisotopic (exact) mass is 272 g/mol. The molecule has 2 aliphatic heterocycles. The quantitative estimate of drug-likeness (QED) is 0.861. The number of likely N-dealkylation sites (N-methyl/N-ethyl adjacent to an activating group) is 1. The Bertz CT molecular complexity index is 719. The maximum Gasteiger partial charge on any atom is 0.148 e. The predicted octanol–water partition coefficient (Wildman–Crippen LogP) is 2.10. The Balaban J connectivity index is 1.99. The van der Waals surface area contributed by atoms with Gasteiger partial charge in [-0.3, -0.25) is 4.90 Å². The molecular formula is C16H17FN2O. The number of hydrogen-bond donors (Lipinski definition) is 1. The zero-order valence-electron chi connectivity index (χ0n) is 11.4. The Morgan fingerprint density at radius 1 is 1.35 bits per heavy atom. The van der Waals surface area contributed by atoms with Crippen LogP contribution in [0.5, 0.6) is 0 Å². The summed E-state index contributed by atoms with van der Waals surface area (Å²) in [6, 6.07) is 6.07. The summed E-state index contributed by atoms with van der Waals surface area (Å²) in [5, 5.41) is 10.1. The van der Waals surface area contributed by atoms with Crippen molar-refractivity contribution in [2.24, 2.45) is 5.92 Å². The van der Waals surface area contributed by atoms with E-state index in [1.165, 1.54) is 5.57 Å². The van der Waals surface area contributed by atoms with E-state index in [0.717, 1.165) is 24.2 Å². The molecule has 2 aromatic rings. The first kappa shape index (κ1) is 12.1. The summed E-state index contributed by atoms with van der Waals surface area (Å²) in [6.07, 6.45) is 3.78. The Kier molecular flexibility index (Phi) is 2.53. The van der Waals surface area contributed by atoms with Crippen LogP contribution in [0.1, 0.15) is 5.56 Å². The average Bonchev–Trinajstić information content (AvgIpc) is 2.78. The lowest BCUT2D eigenvalue weighted by molar-refractivity contribution is 0.174. The maximum absolute atomic E-state index is 14.0. The predicted molar refractivity (Wildman–Crippen MR) is 76.9 cm³/mol. The number of nitrogens with zero attached hydrogens (tertiary/aromatic N) is 2. The molecule has 0 spiro atoms. The molecule has 0 bridgehead atoms. The molecule has 0 fully saturated rings. The molecule has 0 radical (unpaired) electrons. The van der Waals surface area contributed by atoms with Crippen molar-refractivity contribution in [1.29, 1.82) is 0 Å². The molecule has 2 atom stereocenters. The molecule has 0 saturated carbocycles. The van der Waals surface area contributed by atoms with Crippen LogP contribution in [0.4, 0.5) is 4.39 Å². The molecule has 104 valence electrons. The molecule has 2 aliphatic rings. The minimum atomic E-state index is -0.151. The van der Waals surface area contributed by atoms with Gasteiger partial charge < -0.3 is 9.67 Å². The summed E-state index contributed by atoms with van der Waals surface area (Å²) in [6.45, 7) is 1.78. The largest absolute Gasteiger partial charge is 0.396 e. The Hall–Kier alpha value is -1.65. The second-order valence-corrected chi connectivity index (χ2v) is 5.85. The van der Waals surface area contributed by atoms with E-state index in [4.69, 9.17) is 0 Å². The minimum absolute atomic E-state index is 0.151. The van der Waals surface area contributed by atoms with Gasteiger partial charge in [-0.05, 0) is 18.7 Å². The zero-order chi connectivity index (χ0) is 13.9. The van der Waals surface area contributed by atoms with Gasteiger partial charge in [0.2, 0.25) is 0 Å². The topological polar surface area (TPSA) is 28.4 Å². The van der Waals surface area contributed by atoms with Crippen molar-refractivity contribution < 1.29 is 9.50 Å². The molecule has 4 rings (SSSR count). The van der Waals surface area contributed by atoms with Gasteiger partial charge in [-0.25, -0.2) is 4.39 Å². The number of aliphatic hydroxyl groups is 1.